The Morgan fingerprint density at radius 1 is 0.491 bits per heavy atom. The van der Waals surface area contributed by atoms with Crippen LogP contribution in [-0.2, 0) is 25.8 Å². The molecule has 0 aliphatic carbocycles. The van der Waals surface area contributed by atoms with E-state index in [-0.39, 0.29) is 25.8 Å². The number of benzene rings is 7. The van der Waals surface area contributed by atoms with Crippen LogP contribution in [0.15, 0.2) is 188 Å². The van der Waals surface area contributed by atoms with Gasteiger partial charge in [0.25, 0.3) is 0 Å². The molecule has 0 bridgehead atoms. The van der Waals surface area contributed by atoms with E-state index in [1.165, 1.54) is 43.0 Å². The van der Waals surface area contributed by atoms with E-state index in [4.69, 9.17) is 4.74 Å². The largest absolute Gasteiger partial charge is 2.00 e. The fourth-order valence-corrected chi connectivity index (χ4v) is 12.0. The third-order valence-electron chi connectivity index (χ3n) is 9.14. The molecule has 0 saturated carbocycles. The SMILES string of the molecule is CC1(C)c2cccc([PH+](c3ccccc3)c3ccccc3)c2Oc2c([PH+](c3ccccc3)c3ccccc3)cccc21.F[C-](F)C(F)F.[Pd+2].[c-]1ccccc1. The van der Waals surface area contributed by atoms with Gasteiger partial charge in [-0.05, 0) is 60.7 Å². The Balaban J connectivity index is 0.000000385. The Morgan fingerprint density at radius 2 is 0.800 bits per heavy atom. The summed E-state index contributed by atoms with van der Waals surface area (Å²) in [6, 6.07) is 70.0. The average molecular weight is 865 g/mol. The van der Waals surface area contributed by atoms with Crippen molar-refractivity contribution in [2.75, 3.05) is 0 Å². The summed E-state index contributed by atoms with van der Waals surface area (Å²) >= 11 is 0. The van der Waals surface area contributed by atoms with Crippen LogP contribution in [-0.4, -0.2) is 6.43 Å². The molecule has 0 atom stereocenters. The van der Waals surface area contributed by atoms with Gasteiger partial charge in [-0.25, -0.2) is 8.78 Å². The van der Waals surface area contributed by atoms with Gasteiger partial charge in [0.15, 0.2) is 17.9 Å². The molecule has 0 amide bonds. The number of fused-ring (bicyclic) bond motifs is 2. The van der Waals surface area contributed by atoms with Crippen molar-refractivity contribution in [1.82, 2.24) is 0 Å². The van der Waals surface area contributed by atoms with Crippen LogP contribution in [0.3, 0.4) is 0 Å². The van der Waals surface area contributed by atoms with Crippen molar-refractivity contribution in [1.29, 1.82) is 0 Å². The van der Waals surface area contributed by atoms with Crippen LogP contribution in [0, 0.1) is 12.5 Å². The molecule has 0 radical (unpaired) electrons. The standard InChI is InChI=1S/C39H32OP2.C6H5.C2HF4.Pd/c1-39(2)33-25-15-27-35(41(29-17-7-3-8-18-29)30-19-9-4-10-20-30)37(33)40-38-34(39)26-16-28-36(38)42(31-21-11-5-12-22-31)32-23-13-6-14-24-32;1-2-4-6-5-3-1;3-1(4)2(5)6;/h3-28H,1-2H3;1-5H;1H;/q;2*-1;+2/p+2. The summed E-state index contributed by atoms with van der Waals surface area (Å²) in [5, 5.41) is 8.05. The second-order valence-corrected chi connectivity index (χ2v) is 17.9. The molecule has 1 nitrogen and oxygen atoms in total. The van der Waals surface area contributed by atoms with E-state index in [0.717, 1.165) is 11.5 Å². The van der Waals surface area contributed by atoms with Crippen LogP contribution in [0.25, 0.3) is 0 Å². The number of hydrogen-bond acceptors (Lipinski definition) is 1. The first-order valence-electron chi connectivity index (χ1n) is 17.6. The van der Waals surface area contributed by atoms with E-state index in [2.05, 4.69) is 178 Å². The molecule has 8 heteroatoms. The molecule has 1 aliphatic rings. The van der Waals surface area contributed by atoms with Crippen LogP contribution in [0.2, 0.25) is 0 Å². The maximum absolute atomic E-state index is 10.4. The predicted molar refractivity (Wildman–Crippen MR) is 222 cm³/mol. The van der Waals surface area contributed by atoms with E-state index >= 15 is 0 Å². The predicted octanol–water partition coefficient (Wildman–Crippen LogP) is 10.3. The molecule has 8 rings (SSSR count). The molecular weight excluding hydrogens is 825 g/mol. The quantitative estimate of drug-likeness (QED) is 0.0672. The number of alkyl halides is 2. The number of ether oxygens (including phenoxy) is 1. The van der Waals surface area contributed by atoms with Crippen LogP contribution in [0.5, 0.6) is 11.5 Å². The molecule has 1 aliphatic heterocycles. The number of halogens is 4. The van der Waals surface area contributed by atoms with E-state index in [1.807, 2.05) is 30.3 Å². The van der Waals surface area contributed by atoms with Crippen LogP contribution >= 0.6 is 15.8 Å². The van der Waals surface area contributed by atoms with Crippen molar-refractivity contribution in [3.8, 4) is 11.5 Å². The second-order valence-electron chi connectivity index (χ2n) is 13.0. The van der Waals surface area contributed by atoms with Crippen molar-refractivity contribution in [2.24, 2.45) is 0 Å². The Hall–Kier alpha value is -4.42. The smallest absolute Gasteiger partial charge is 0.448 e. The van der Waals surface area contributed by atoms with E-state index < -0.39 is 28.7 Å². The van der Waals surface area contributed by atoms with Crippen molar-refractivity contribution < 1.29 is 42.7 Å². The van der Waals surface area contributed by atoms with Crippen molar-refractivity contribution in [3.05, 3.63) is 212 Å². The first-order chi connectivity index (χ1) is 26.3. The van der Waals surface area contributed by atoms with Gasteiger partial charge in [-0.3, -0.25) is 0 Å². The Labute approximate surface area is 337 Å². The summed E-state index contributed by atoms with van der Waals surface area (Å²) in [4.78, 5) is 0. The zero-order chi connectivity index (χ0) is 37.9. The van der Waals surface area contributed by atoms with Crippen LogP contribution < -0.4 is 36.6 Å². The van der Waals surface area contributed by atoms with Gasteiger partial charge in [-0.2, -0.15) is 36.4 Å². The normalized spacial score (nSPS) is 12.3. The molecule has 0 fully saturated rings. The molecule has 0 spiro atoms. The first-order valence-corrected chi connectivity index (χ1v) is 20.6. The molecule has 0 N–H and O–H groups in total. The Morgan fingerprint density at radius 3 is 1.05 bits per heavy atom. The average Bonchev–Trinajstić information content (AvgIpc) is 3.21. The maximum Gasteiger partial charge on any atom is 2.00 e. The van der Waals surface area contributed by atoms with Crippen molar-refractivity contribution >= 4 is 47.7 Å². The number of rotatable bonds is 7. The first kappa shape index (κ1) is 41.7. The van der Waals surface area contributed by atoms with E-state index in [9.17, 15) is 17.6 Å². The molecule has 0 saturated heterocycles. The zero-order valence-corrected chi connectivity index (χ0v) is 33.8. The van der Waals surface area contributed by atoms with Crippen LogP contribution in [0.4, 0.5) is 17.6 Å². The molecule has 55 heavy (non-hydrogen) atoms. The van der Waals surface area contributed by atoms with Gasteiger partial charge in [0.2, 0.25) is 0 Å². The molecule has 7 aromatic carbocycles. The van der Waals surface area contributed by atoms with Crippen LogP contribution in [0.1, 0.15) is 25.0 Å². The van der Waals surface area contributed by atoms with Crippen molar-refractivity contribution in [2.45, 2.75) is 25.7 Å². The zero-order valence-electron chi connectivity index (χ0n) is 30.2. The summed E-state index contributed by atoms with van der Waals surface area (Å²) in [5.41, 5.74) is 2.30. The summed E-state index contributed by atoms with van der Waals surface area (Å²) in [5.74, 6) is 2.07. The van der Waals surface area contributed by atoms with Gasteiger partial charge < -0.3 is 13.5 Å². The molecule has 1 heterocycles. The molecule has 0 unspecified atom stereocenters. The maximum atomic E-state index is 10.4. The third-order valence-corrected chi connectivity index (χ3v) is 14.6. The minimum atomic E-state index is -3.56. The van der Waals surface area contributed by atoms with Crippen molar-refractivity contribution in [3.63, 3.8) is 0 Å². The fraction of sp³-hybridized carbons (Fsp3) is 0.0851. The minimum Gasteiger partial charge on any atom is -0.448 e. The van der Waals surface area contributed by atoms with Gasteiger partial charge in [0, 0.05) is 16.5 Å². The van der Waals surface area contributed by atoms with E-state index in [1.54, 1.807) is 0 Å². The topological polar surface area (TPSA) is 9.23 Å². The third kappa shape index (κ3) is 10.1. The van der Waals surface area contributed by atoms with E-state index in [0.29, 0.717) is 0 Å². The molecule has 280 valence electrons. The molecular formula is C47H40F4OP2Pd+2. The molecule has 7 aromatic rings. The summed E-state index contributed by atoms with van der Waals surface area (Å²) in [6.45, 7) is 4.71. The monoisotopic (exact) mass is 864 g/mol. The summed E-state index contributed by atoms with van der Waals surface area (Å²) in [7, 11) is -2.64. The van der Waals surface area contributed by atoms with Gasteiger partial charge in [0.05, 0.1) is 6.43 Å². The Kier molecular flexibility index (Phi) is 15.1. The van der Waals surface area contributed by atoms with Gasteiger partial charge in [-0.1, -0.05) is 111 Å². The minimum absolute atomic E-state index is 0. The second kappa shape index (κ2) is 20.0. The number of para-hydroxylation sites is 2. The fourth-order valence-electron chi connectivity index (χ4n) is 6.64. The molecule has 0 aromatic heterocycles. The van der Waals surface area contributed by atoms with Gasteiger partial charge in [-0.15, -0.1) is 0 Å². The summed E-state index contributed by atoms with van der Waals surface area (Å²) < 4.78 is 48.7. The van der Waals surface area contributed by atoms with Gasteiger partial charge in [0.1, 0.15) is 47.7 Å². The Bertz CT molecular complexity index is 1950. The number of hydrogen-bond donors (Lipinski definition) is 0. The van der Waals surface area contributed by atoms with Gasteiger partial charge >= 0.3 is 20.4 Å². The summed E-state index contributed by atoms with van der Waals surface area (Å²) in [6.07, 6.45) is -6.39.